The van der Waals surface area contributed by atoms with Crippen molar-refractivity contribution in [2.24, 2.45) is 0 Å². The number of Topliss-reactive ketones (excluding diaryl/α,β-unsaturated/α-hetero) is 1. The van der Waals surface area contributed by atoms with E-state index >= 15 is 0 Å². The monoisotopic (exact) mass is 154 g/mol. The molecule has 0 radical (unpaired) electrons. The zero-order chi connectivity index (χ0) is 9.02. The van der Waals surface area contributed by atoms with Crippen LogP contribution in [-0.2, 0) is 4.79 Å². The van der Waals surface area contributed by atoms with Gasteiger partial charge >= 0.3 is 0 Å². The summed E-state index contributed by atoms with van der Waals surface area (Å²) >= 11 is 0. The Kier molecular flexibility index (Phi) is 3.51. The standard InChI is InChI=1S/C8H14N2O/c1-6(10(3)4)5-8(9)7(2)11/h5,9H,1-4H3/b6-5-,9-8?. The van der Waals surface area contributed by atoms with Crippen LogP contribution in [0.4, 0.5) is 0 Å². The molecule has 0 saturated carbocycles. The molecule has 0 aliphatic heterocycles. The molecule has 0 atom stereocenters. The predicted octanol–water partition coefficient (Wildman–Crippen LogP) is 1.06. The van der Waals surface area contributed by atoms with Gasteiger partial charge in [-0.25, -0.2) is 0 Å². The molecule has 0 aromatic rings. The van der Waals surface area contributed by atoms with Crippen molar-refractivity contribution in [1.29, 1.82) is 5.41 Å². The van der Waals surface area contributed by atoms with Crippen LogP contribution in [0, 0.1) is 5.41 Å². The largest absolute Gasteiger partial charge is 0.381 e. The maximum Gasteiger partial charge on any atom is 0.177 e. The zero-order valence-electron chi connectivity index (χ0n) is 7.43. The third-order valence-corrected chi connectivity index (χ3v) is 1.44. The molecule has 3 heteroatoms. The SMILES string of the molecule is CC(=O)C(=N)/C=C(/C)N(C)C. The summed E-state index contributed by atoms with van der Waals surface area (Å²) in [4.78, 5) is 12.5. The van der Waals surface area contributed by atoms with E-state index in [2.05, 4.69) is 0 Å². The predicted molar refractivity (Wildman–Crippen MR) is 45.9 cm³/mol. The van der Waals surface area contributed by atoms with E-state index in [0.717, 1.165) is 5.70 Å². The highest BCUT2D eigenvalue weighted by Crippen LogP contribution is 1.96. The molecule has 0 rings (SSSR count). The Morgan fingerprint density at radius 1 is 1.36 bits per heavy atom. The number of ketones is 1. The Morgan fingerprint density at radius 2 is 1.82 bits per heavy atom. The van der Waals surface area contributed by atoms with Crippen molar-refractivity contribution in [3.63, 3.8) is 0 Å². The van der Waals surface area contributed by atoms with Gasteiger partial charge in [0.15, 0.2) is 5.78 Å². The van der Waals surface area contributed by atoms with Crippen LogP contribution in [-0.4, -0.2) is 30.5 Å². The molecule has 1 N–H and O–H groups in total. The molecule has 0 amide bonds. The highest BCUT2D eigenvalue weighted by Gasteiger charge is 1.99. The molecule has 0 unspecified atom stereocenters. The fraction of sp³-hybridized carbons (Fsp3) is 0.500. The minimum atomic E-state index is -0.203. The molecule has 0 saturated heterocycles. The van der Waals surface area contributed by atoms with E-state index in [4.69, 9.17) is 5.41 Å². The van der Waals surface area contributed by atoms with Gasteiger partial charge in [0, 0.05) is 26.7 Å². The number of hydrogen-bond donors (Lipinski definition) is 1. The minimum absolute atomic E-state index is 0.0520. The van der Waals surface area contributed by atoms with Gasteiger partial charge in [0.05, 0.1) is 5.71 Å². The molecule has 3 nitrogen and oxygen atoms in total. The average molecular weight is 154 g/mol. The number of carbonyl (C=O) groups is 1. The van der Waals surface area contributed by atoms with Gasteiger partial charge in [-0.3, -0.25) is 10.2 Å². The lowest BCUT2D eigenvalue weighted by Gasteiger charge is -2.11. The van der Waals surface area contributed by atoms with Crippen molar-refractivity contribution in [1.82, 2.24) is 4.90 Å². The van der Waals surface area contributed by atoms with Gasteiger partial charge in [0.25, 0.3) is 0 Å². The molecule has 62 valence electrons. The molecule has 0 aromatic heterocycles. The summed E-state index contributed by atoms with van der Waals surface area (Å²) in [6.45, 7) is 3.25. The van der Waals surface area contributed by atoms with Crippen molar-refractivity contribution in [3.05, 3.63) is 11.8 Å². The highest BCUT2D eigenvalue weighted by atomic mass is 16.1. The first-order valence-electron chi connectivity index (χ1n) is 3.40. The molecular formula is C8H14N2O. The number of carbonyl (C=O) groups excluding carboxylic acids is 1. The molecule has 0 aliphatic carbocycles. The fourth-order valence-corrected chi connectivity index (χ4v) is 0.440. The Labute approximate surface area is 67.2 Å². The van der Waals surface area contributed by atoms with Crippen LogP contribution in [0.5, 0.6) is 0 Å². The van der Waals surface area contributed by atoms with Crippen LogP contribution in [0.15, 0.2) is 11.8 Å². The van der Waals surface area contributed by atoms with E-state index in [0.29, 0.717) is 0 Å². The fourth-order valence-electron chi connectivity index (χ4n) is 0.440. The van der Waals surface area contributed by atoms with Crippen LogP contribution in [0.2, 0.25) is 0 Å². The Bertz CT molecular complexity index is 204. The van der Waals surface area contributed by atoms with E-state index in [1.54, 1.807) is 6.08 Å². The summed E-state index contributed by atoms with van der Waals surface area (Å²) in [5, 5.41) is 7.21. The summed E-state index contributed by atoms with van der Waals surface area (Å²) < 4.78 is 0. The molecule has 0 spiro atoms. The van der Waals surface area contributed by atoms with Crippen molar-refractivity contribution in [2.75, 3.05) is 14.1 Å². The first-order valence-corrected chi connectivity index (χ1v) is 3.40. The maximum atomic E-state index is 10.6. The first kappa shape index (κ1) is 9.88. The van der Waals surface area contributed by atoms with Gasteiger partial charge in [-0.05, 0) is 13.0 Å². The quantitative estimate of drug-likeness (QED) is 0.618. The second-order valence-corrected chi connectivity index (χ2v) is 2.65. The summed E-state index contributed by atoms with van der Waals surface area (Å²) in [6, 6.07) is 0. The number of nitrogens with one attached hydrogen (secondary N) is 1. The van der Waals surface area contributed by atoms with Gasteiger partial charge < -0.3 is 4.90 Å². The van der Waals surface area contributed by atoms with E-state index in [-0.39, 0.29) is 11.5 Å². The Hall–Kier alpha value is -1.12. The topological polar surface area (TPSA) is 44.2 Å². The van der Waals surface area contributed by atoms with Crippen LogP contribution in [0.1, 0.15) is 13.8 Å². The highest BCUT2D eigenvalue weighted by molar-refractivity contribution is 6.42. The first-order chi connectivity index (χ1) is 4.95. The van der Waals surface area contributed by atoms with Crippen molar-refractivity contribution in [3.8, 4) is 0 Å². The second-order valence-electron chi connectivity index (χ2n) is 2.65. The van der Waals surface area contributed by atoms with E-state index < -0.39 is 0 Å². The van der Waals surface area contributed by atoms with Crippen molar-refractivity contribution in [2.45, 2.75) is 13.8 Å². The van der Waals surface area contributed by atoms with Crippen LogP contribution in [0.25, 0.3) is 0 Å². The van der Waals surface area contributed by atoms with Gasteiger partial charge in [-0.15, -0.1) is 0 Å². The normalized spacial score (nSPS) is 11.1. The molecule has 11 heavy (non-hydrogen) atoms. The Balaban J connectivity index is 4.32. The van der Waals surface area contributed by atoms with Crippen LogP contribution >= 0.6 is 0 Å². The maximum absolute atomic E-state index is 10.6. The molecule has 0 heterocycles. The number of hydrogen-bond acceptors (Lipinski definition) is 3. The summed E-state index contributed by atoms with van der Waals surface area (Å²) in [5.74, 6) is -0.203. The lowest BCUT2D eigenvalue weighted by atomic mass is 10.2. The second kappa shape index (κ2) is 3.91. The van der Waals surface area contributed by atoms with Gasteiger partial charge in [0.1, 0.15) is 0 Å². The summed E-state index contributed by atoms with van der Waals surface area (Å²) in [7, 11) is 3.75. The van der Waals surface area contributed by atoms with Crippen molar-refractivity contribution < 1.29 is 4.79 Å². The van der Waals surface area contributed by atoms with Crippen molar-refractivity contribution >= 4 is 11.5 Å². The molecule has 0 aliphatic rings. The van der Waals surface area contributed by atoms with Gasteiger partial charge in [-0.2, -0.15) is 0 Å². The van der Waals surface area contributed by atoms with E-state index in [1.807, 2.05) is 25.9 Å². The molecule has 0 bridgehead atoms. The van der Waals surface area contributed by atoms with Crippen LogP contribution < -0.4 is 0 Å². The third kappa shape index (κ3) is 3.55. The molecular weight excluding hydrogens is 140 g/mol. The van der Waals surface area contributed by atoms with Gasteiger partial charge in [0.2, 0.25) is 0 Å². The van der Waals surface area contributed by atoms with E-state index in [9.17, 15) is 4.79 Å². The van der Waals surface area contributed by atoms with Gasteiger partial charge in [-0.1, -0.05) is 0 Å². The lowest BCUT2D eigenvalue weighted by molar-refractivity contribution is -0.111. The zero-order valence-corrected chi connectivity index (χ0v) is 7.43. The molecule has 0 fully saturated rings. The minimum Gasteiger partial charge on any atom is -0.381 e. The third-order valence-electron chi connectivity index (χ3n) is 1.44. The smallest absolute Gasteiger partial charge is 0.177 e. The van der Waals surface area contributed by atoms with Crippen LogP contribution in [0.3, 0.4) is 0 Å². The summed E-state index contributed by atoms with van der Waals surface area (Å²) in [5.41, 5.74) is 0.960. The number of allylic oxidation sites excluding steroid dienone is 2. The van der Waals surface area contributed by atoms with E-state index in [1.165, 1.54) is 6.92 Å². The Morgan fingerprint density at radius 3 is 2.09 bits per heavy atom. The average Bonchev–Trinajstić information content (AvgIpc) is 1.87. The molecule has 0 aromatic carbocycles. The summed E-state index contributed by atoms with van der Waals surface area (Å²) in [6.07, 6.45) is 1.56. The lowest BCUT2D eigenvalue weighted by Crippen LogP contribution is -2.12. The number of rotatable bonds is 3. The number of nitrogens with zero attached hydrogens (tertiary/aromatic N) is 1.